The third kappa shape index (κ3) is 3.10. The number of amides is 1. The summed E-state index contributed by atoms with van der Waals surface area (Å²) in [4.78, 5) is 27.0. The quantitative estimate of drug-likeness (QED) is 0.348. The second-order valence-electron chi connectivity index (χ2n) is 7.38. The first-order valence-electron chi connectivity index (χ1n) is 9.69. The molecule has 10 heteroatoms. The minimum Gasteiger partial charge on any atom is -0.351 e. The van der Waals surface area contributed by atoms with E-state index in [0.29, 0.717) is 27.9 Å². The van der Waals surface area contributed by atoms with Crippen LogP contribution in [0.1, 0.15) is 23.2 Å². The Morgan fingerprint density at radius 2 is 2.20 bits per heavy atom. The Balaban J connectivity index is 1.59. The van der Waals surface area contributed by atoms with Gasteiger partial charge in [-0.2, -0.15) is 0 Å². The number of carbonyl (C=O) groups excluding carboxylic acids is 1. The predicted octanol–water partition coefficient (Wildman–Crippen LogP) is 3.55. The van der Waals surface area contributed by atoms with Gasteiger partial charge in [0.2, 0.25) is 0 Å². The van der Waals surface area contributed by atoms with E-state index in [-0.39, 0.29) is 11.9 Å². The van der Waals surface area contributed by atoms with Crippen LogP contribution in [0.5, 0.6) is 0 Å². The molecule has 5 rings (SSSR count). The third-order valence-electron chi connectivity index (χ3n) is 5.66. The minimum atomic E-state index is -0.0855. The Morgan fingerprint density at radius 1 is 1.33 bits per heavy atom. The topological polar surface area (TPSA) is 80.3 Å². The smallest absolute Gasteiger partial charge is 0.297 e. The molecule has 2 aromatic heterocycles. The lowest BCUT2D eigenvalue weighted by Crippen LogP contribution is -2.39. The highest BCUT2D eigenvalue weighted by Crippen LogP contribution is 2.35. The van der Waals surface area contributed by atoms with Gasteiger partial charge in [0.05, 0.1) is 0 Å². The van der Waals surface area contributed by atoms with Crippen molar-refractivity contribution in [1.29, 1.82) is 0 Å². The van der Waals surface area contributed by atoms with Gasteiger partial charge in [0.1, 0.15) is 11.4 Å². The average Bonchev–Trinajstić information content (AvgIpc) is 3.35. The van der Waals surface area contributed by atoms with Crippen LogP contribution >= 0.6 is 24.0 Å². The van der Waals surface area contributed by atoms with Crippen molar-refractivity contribution in [3.05, 3.63) is 40.9 Å². The normalized spacial score (nSPS) is 18.3. The van der Waals surface area contributed by atoms with Crippen LogP contribution in [0.2, 0.25) is 0 Å². The van der Waals surface area contributed by atoms with Crippen molar-refractivity contribution in [2.24, 2.45) is 7.05 Å². The van der Waals surface area contributed by atoms with Crippen molar-refractivity contribution in [1.82, 2.24) is 19.7 Å². The molecular weight excluding hydrogens is 420 g/mol. The second kappa shape index (κ2) is 7.51. The summed E-state index contributed by atoms with van der Waals surface area (Å²) in [5, 5.41) is 4.75. The van der Waals surface area contributed by atoms with Crippen LogP contribution in [0.25, 0.3) is 11.4 Å². The SMILES string of the molecule is CSc1ncc2c(n1)N1CCCC1CN(c1cccc(-c3noc(=S)n3C)c1)C2=O. The summed E-state index contributed by atoms with van der Waals surface area (Å²) < 4.78 is 6.84. The zero-order valence-electron chi connectivity index (χ0n) is 16.6. The zero-order chi connectivity index (χ0) is 20.8. The van der Waals surface area contributed by atoms with E-state index in [1.54, 1.807) is 10.8 Å². The number of nitrogens with zero attached hydrogens (tertiary/aromatic N) is 6. The van der Waals surface area contributed by atoms with Crippen LogP contribution in [-0.4, -0.2) is 51.0 Å². The van der Waals surface area contributed by atoms with Crippen LogP contribution in [0.3, 0.4) is 0 Å². The van der Waals surface area contributed by atoms with Crippen LogP contribution in [-0.2, 0) is 7.05 Å². The number of thioether (sulfide) groups is 1. The number of anilines is 2. The van der Waals surface area contributed by atoms with Crippen molar-refractivity contribution < 1.29 is 9.32 Å². The number of aromatic nitrogens is 4. The fourth-order valence-electron chi connectivity index (χ4n) is 4.14. The number of rotatable bonds is 3. The van der Waals surface area contributed by atoms with Gasteiger partial charge < -0.3 is 14.3 Å². The summed E-state index contributed by atoms with van der Waals surface area (Å²) in [6.45, 7) is 1.50. The van der Waals surface area contributed by atoms with Gasteiger partial charge in [0, 0.05) is 43.6 Å². The monoisotopic (exact) mass is 440 g/mol. The van der Waals surface area contributed by atoms with E-state index in [2.05, 4.69) is 20.0 Å². The maximum Gasteiger partial charge on any atom is 0.297 e. The first kappa shape index (κ1) is 19.3. The molecule has 3 aromatic rings. The van der Waals surface area contributed by atoms with Gasteiger partial charge in [-0.15, -0.1) is 0 Å². The number of hydrogen-bond acceptors (Lipinski definition) is 8. The lowest BCUT2D eigenvalue weighted by molar-refractivity contribution is 0.0988. The highest BCUT2D eigenvalue weighted by atomic mass is 32.2. The molecule has 154 valence electrons. The van der Waals surface area contributed by atoms with Gasteiger partial charge in [0.15, 0.2) is 11.0 Å². The Labute approximate surface area is 182 Å². The lowest BCUT2D eigenvalue weighted by atomic mass is 10.1. The zero-order valence-corrected chi connectivity index (χ0v) is 18.2. The fraction of sp³-hybridized carbons (Fsp3) is 0.350. The fourth-order valence-corrected chi connectivity index (χ4v) is 4.60. The van der Waals surface area contributed by atoms with Gasteiger partial charge in [-0.05, 0) is 43.4 Å². The predicted molar refractivity (Wildman–Crippen MR) is 118 cm³/mol. The molecule has 8 nitrogen and oxygen atoms in total. The summed E-state index contributed by atoms with van der Waals surface area (Å²) in [5.74, 6) is 1.29. The van der Waals surface area contributed by atoms with Crippen molar-refractivity contribution in [3.63, 3.8) is 0 Å². The largest absolute Gasteiger partial charge is 0.351 e. The Hall–Kier alpha value is -2.72. The standard InChI is InChI=1S/C20H20N6O2S2/c1-24-16(23-28-20(24)29)12-5-3-6-13(9-12)26-11-14-7-4-8-25(14)17-15(18(26)27)10-21-19(22-17)30-2/h3,5-6,9-10,14H,4,7-8,11H2,1-2H3. The van der Waals surface area contributed by atoms with Gasteiger partial charge in [0.25, 0.3) is 10.7 Å². The van der Waals surface area contributed by atoms with Crippen molar-refractivity contribution in [2.75, 3.05) is 29.1 Å². The first-order chi connectivity index (χ1) is 14.6. The van der Waals surface area contributed by atoms with Crippen LogP contribution in [0.4, 0.5) is 11.5 Å². The van der Waals surface area contributed by atoms with E-state index in [9.17, 15) is 4.79 Å². The van der Waals surface area contributed by atoms with Crippen LogP contribution in [0.15, 0.2) is 40.1 Å². The van der Waals surface area contributed by atoms with E-state index in [0.717, 1.165) is 36.5 Å². The summed E-state index contributed by atoms with van der Waals surface area (Å²) in [6, 6.07) is 7.97. The third-order valence-corrected chi connectivity index (χ3v) is 6.58. The number of benzene rings is 1. The van der Waals surface area contributed by atoms with Crippen LogP contribution < -0.4 is 9.80 Å². The highest BCUT2D eigenvalue weighted by Gasteiger charge is 2.37. The number of fused-ring (bicyclic) bond motifs is 3. The molecule has 1 atom stereocenters. The highest BCUT2D eigenvalue weighted by molar-refractivity contribution is 7.98. The van der Waals surface area contributed by atoms with E-state index >= 15 is 0 Å². The van der Waals surface area contributed by atoms with Gasteiger partial charge in [-0.1, -0.05) is 29.1 Å². The molecule has 2 aliphatic rings. The van der Waals surface area contributed by atoms with E-state index in [1.807, 2.05) is 42.5 Å². The average molecular weight is 441 g/mol. The minimum absolute atomic E-state index is 0.0855. The van der Waals surface area contributed by atoms with Crippen molar-refractivity contribution in [3.8, 4) is 11.4 Å². The van der Waals surface area contributed by atoms with Crippen molar-refractivity contribution in [2.45, 2.75) is 24.0 Å². The Morgan fingerprint density at radius 3 is 2.97 bits per heavy atom. The molecule has 1 amide bonds. The Kier molecular flexibility index (Phi) is 4.82. The molecule has 1 aromatic carbocycles. The summed E-state index contributed by atoms with van der Waals surface area (Å²) >= 11 is 6.62. The molecule has 0 aliphatic carbocycles. The molecule has 0 bridgehead atoms. The maximum atomic E-state index is 13.5. The van der Waals surface area contributed by atoms with E-state index in [1.165, 1.54) is 11.8 Å². The molecular formula is C20H20N6O2S2. The summed E-state index contributed by atoms with van der Waals surface area (Å²) in [5.41, 5.74) is 2.19. The van der Waals surface area contributed by atoms with Gasteiger partial charge >= 0.3 is 0 Å². The Bertz CT molecular complexity index is 1190. The lowest BCUT2D eigenvalue weighted by Gasteiger charge is -2.27. The van der Waals surface area contributed by atoms with Gasteiger partial charge in [-0.3, -0.25) is 9.36 Å². The number of hydrogen-bond donors (Lipinski definition) is 0. The second-order valence-corrected chi connectivity index (χ2v) is 8.50. The first-order valence-corrected chi connectivity index (χ1v) is 11.3. The summed E-state index contributed by atoms with van der Waals surface area (Å²) in [6.07, 6.45) is 5.72. The molecule has 4 heterocycles. The maximum absolute atomic E-state index is 13.5. The molecule has 0 spiro atoms. The van der Waals surface area contributed by atoms with E-state index in [4.69, 9.17) is 16.7 Å². The van der Waals surface area contributed by atoms with E-state index < -0.39 is 0 Å². The van der Waals surface area contributed by atoms with Crippen molar-refractivity contribution >= 4 is 41.4 Å². The molecule has 0 N–H and O–H groups in total. The molecule has 30 heavy (non-hydrogen) atoms. The van der Waals surface area contributed by atoms with Crippen LogP contribution in [0, 0.1) is 4.84 Å². The number of carbonyl (C=O) groups is 1. The molecule has 1 unspecified atom stereocenters. The molecule has 1 fully saturated rings. The molecule has 0 saturated carbocycles. The molecule has 2 aliphatic heterocycles. The molecule has 0 radical (unpaired) electrons. The van der Waals surface area contributed by atoms with Gasteiger partial charge in [-0.25, -0.2) is 9.97 Å². The molecule has 1 saturated heterocycles. The summed E-state index contributed by atoms with van der Waals surface area (Å²) in [7, 11) is 1.81.